The molecular formula is C20H34O5. The first kappa shape index (κ1) is 21.9. The summed E-state index contributed by atoms with van der Waals surface area (Å²) in [7, 11) is 0. The molecule has 1 fully saturated rings. The van der Waals surface area contributed by atoms with Crippen LogP contribution in [0, 0.1) is 11.8 Å². The molecule has 0 aromatic heterocycles. The second-order valence-corrected chi connectivity index (χ2v) is 7.05. The standard InChI is InChI=1S/C20H34O5/c1-2-3-6-9-15(21)12-13-17-16(18(22)14-19(17)23)10-7-4-5-8-11-20(24)25/h4,7,12-13,15-19,21-23H,2-3,5-6,8-11,14H2,1H3,(H,24,25)/t15-,16?,17?,18-,19+/m1/s1. The number of carbonyl (C=O) groups is 1. The first-order valence-corrected chi connectivity index (χ1v) is 9.55. The molecule has 0 aromatic carbocycles. The van der Waals surface area contributed by atoms with Gasteiger partial charge in [-0.15, -0.1) is 0 Å². The van der Waals surface area contributed by atoms with E-state index in [9.17, 15) is 20.1 Å². The first-order chi connectivity index (χ1) is 12.0. The fourth-order valence-corrected chi connectivity index (χ4v) is 3.41. The van der Waals surface area contributed by atoms with Gasteiger partial charge < -0.3 is 20.4 Å². The third kappa shape index (κ3) is 8.66. The highest BCUT2D eigenvalue weighted by molar-refractivity contribution is 5.66. The van der Waals surface area contributed by atoms with Gasteiger partial charge in [0.05, 0.1) is 18.3 Å². The SMILES string of the molecule is CCCCC[C@@H](O)C=CC1C(CC=CCCCC(=O)O)[C@H](O)C[C@@H]1O. The summed E-state index contributed by atoms with van der Waals surface area (Å²) in [4.78, 5) is 10.5. The summed E-state index contributed by atoms with van der Waals surface area (Å²) in [6.45, 7) is 2.12. The van der Waals surface area contributed by atoms with Crippen molar-refractivity contribution in [3.8, 4) is 0 Å². The zero-order chi connectivity index (χ0) is 18.7. The second-order valence-electron chi connectivity index (χ2n) is 7.05. The van der Waals surface area contributed by atoms with Crippen molar-refractivity contribution in [2.45, 2.75) is 83.0 Å². The van der Waals surface area contributed by atoms with E-state index < -0.39 is 24.3 Å². The van der Waals surface area contributed by atoms with Gasteiger partial charge in [-0.1, -0.05) is 50.5 Å². The van der Waals surface area contributed by atoms with Crippen molar-refractivity contribution in [1.29, 1.82) is 0 Å². The predicted molar refractivity (Wildman–Crippen MR) is 98.1 cm³/mol. The number of carboxylic acids is 1. The number of hydrogen-bond acceptors (Lipinski definition) is 4. The van der Waals surface area contributed by atoms with E-state index in [1.165, 1.54) is 0 Å². The first-order valence-electron chi connectivity index (χ1n) is 9.55. The second kappa shape index (κ2) is 12.2. The minimum absolute atomic E-state index is 0.0650. The number of aliphatic hydroxyl groups excluding tert-OH is 3. The van der Waals surface area contributed by atoms with Crippen LogP contribution in [0.5, 0.6) is 0 Å². The van der Waals surface area contributed by atoms with Crippen LogP contribution in [0.1, 0.15) is 64.7 Å². The molecule has 5 nitrogen and oxygen atoms in total. The largest absolute Gasteiger partial charge is 0.481 e. The van der Waals surface area contributed by atoms with Crippen LogP contribution in [-0.2, 0) is 4.79 Å². The van der Waals surface area contributed by atoms with Crippen LogP contribution in [0.15, 0.2) is 24.3 Å². The van der Waals surface area contributed by atoms with E-state index in [4.69, 9.17) is 5.11 Å². The zero-order valence-electron chi connectivity index (χ0n) is 15.3. The molecular weight excluding hydrogens is 320 g/mol. The van der Waals surface area contributed by atoms with E-state index >= 15 is 0 Å². The van der Waals surface area contributed by atoms with Crippen molar-refractivity contribution in [3.05, 3.63) is 24.3 Å². The number of aliphatic carboxylic acids is 1. The highest BCUT2D eigenvalue weighted by Crippen LogP contribution is 2.36. The number of aliphatic hydroxyl groups is 3. The van der Waals surface area contributed by atoms with E-state index in [-0.39, 0.29) is 18.3 Å². The van der Waals surface area contributed by atoms with Gasteiger partial charge in [-0.25, -0.2) is 0 Å². The van der Waals surface area contributed by atoms with E-state index in [2.05, 4.69) is 6.92 Å². The molecule has 4 N–H and O–H groups in total. The molecule has 0 heterocycles. The van der Waals surface area contributed by atoms with E-state index in [1.807, 2.05) is 18.2 Å². The lowest BCUT2D eigenvalue weighted by Gasteiger charge is -2.19. The zero-order valence-corrected chi connectivity index (χ0v) is 15.3. The average molecular weight is 354 g/mol. The van der Waals surface area contributed by atoms with Crippen LogP contribution in [0.4, 0.5) is 0 Å². The van der Waals surface area contributed by atoms with E-state index in [1.54, 1.807) is 6.08 Å². The maximum absolute atomic E-state index is 10.5. The highest BCUT2D eigenvalue weighted by Gasteiger charge is 2.39. The Hall–Kier alpha value is -1.17. The number of carboxylic acid groups (broad SMARTS) is 1. The van der Waals surface area contributed by atoms with Gasteiger partial charge in [-0.2, -0.15) is 0 Å². The van der Waals surface area contributed by atoms with Crippen LogP contribution in [0.3, 0.4) is 0 Å². The van der Waals surface area contributed by atoms with Crippen LogP contribution in [0.25, 0.3) is 0 Å². The van der Waals surface area contributed by atoms with E-state index in [0.29, 0.717) is 25.7 Å². The van der Waals surface area contributed by atoms with Crippen molar-refractivity contribution in [2.75, 3.05) is 0 Å². The maximum Gasteiger partial charge on any atom is 0.303 e. The molecule has 0 aromatic rings. The van der Waals surface area contributed by atoms with Gasteiger partial charge in [-0.3, -0.25) is 4.79 Å². The van der Waals surface area contributed by atoms with Gasteiger partial charge >= 0.3 is 5.97 Å². The van der Waals surface area contributed by atoms with Gasteiger partial charge in [0.25, 0.3) is 0 Å². The van der Waals surface area contributed by atoms with Gasteiger partial charge in [0, 0.05) is 18.8 Å². The maximum atomic E-state index is 10.5. The Bertz CT molecular complexity index is 432. The third-order valence-electron chi connectivity index (χ3n) is 4.91. The number of allylic oxidation sites excluding steroid dienone is 2. The summed E-state index contributed by atoms with van der Waals surface area (Å²) in [6.07, 6.45) is 12.3. The van der Waals surface area contributed by atoms with Crippen LogP contribution in [0.2, 0.25) is 0 Å². The van der Waals surface area contributed by atoms with E-state index in [0.717, 1.165) is 25.7 Å². The lowest BCUT2D eigenvalue weighted by Crippen LogP contribution is -2.20. The molecule has 0 bridgehead atoms. The molecule has 1 saturated carbocycles. The minimum atomic E-state index is -0.787. The Morgan fingerprint density at radius 3 is 2.60 bits per heavy atom. The topological polar surface area (TPSA) is 98.0 Å². The summed E-state index contributed by atoms with van der Waals surface area (Å²) in [5, 5.41) is 39.0. The Kier molecular flexibility index (Phi) is 10.7. The predicted octanol–water partition coefficient (Wildman–Crippen LogP) is 3.04. The minimum Gasteiger partial charge on any atom is -0.481 e. The summed E-state index contributed by atoms with van der Waals surface area (Å²) in [5.74, 6) is -1.00. The monoisotopic (exact) mass is 354 g/mol. The molecule has 0 amide bonds. The van der Waals surface area contributed by atoms with Gasteiger partial charge in [0.1, 0.15) is 0 Å². The lowest BCUT2D eigenvalue weighted by molar-refractivity contribution is -0.137. The van der Waals surface area contributed by atoms with Crippen LogP contribution >= 0.6 is 0 Å². The number of rotatable bonds is 12. The molecule has 5 heteroatoms. The fraction of sp³-hybridized carbons (Fsp3) is 0.750. The van der Waals surface area contributed by atoms with Crippen molar-refractivity contribution >= 4 is 5.97 Å². The van der Waals surface area contributed by atoms with Crippen LogP contribution in [-0.4, -0.2) is 44.7 Å². The molecule has 0 radical (unpaired) electrons. The Morgan fingerprint density at radius 1 is 1.16 bits per heavy atom. The smallest absolute Gasteiger partial charge is 0.303 e. The lowest BCUT2D eigenvalue weighted by atomic mass is 9.89. The highest BCUT2D eigenvalue weighted by atomic mass is 16.4. The average Bonchev–Trinajstić information content (AvgIpc) is 2.82. The quantitative estimate of drug-likeness (QED) is 0.319. The van der Waals surface area contributed by atoms with Gasteiger partial charge in [0.2, 0.25) is 0 Å². The number of unbranched alkanes of at least 4 members (excludes halogenated alkanes) is 3. The summed E-state index contributed by atoms with van der Waals surface area (Å²) in [5.41, 5.74) is 0. The number of hydrogen-bond donors (Lipinski definition) is 4. The molecule has 25 heavy (non-hydrogen) atoms. The summed E-state index contributed by atoms with van der Waals surface area (Å²) in [6, 6.07) is 0. The molecule has 1 rings (SSSR count). The third-order valence-corrected chi connectivity index (χ3v) is 4.91. The van der Waals surface area contributed by atoms with Crippen molar-refractivity contribution in [3.63, 3.8) is 0 Å². The van der Waals surface area contributed by atoms with Crippen molar-refractivity contribution in [2.24, 2.45) is 11.8 Å². The fourth-order valence-electron chi connectivity index (χ4n) is 3.41. The Balaban J connectivity index is 2.46. The Morgan fingerprint density at radius 2 is 1.92 bits per heavy atom. The summed E-state index contributed by atoms with van der Waals surface area (Å²) >= 11 is 0. The molecule has 1 aliphatic rings. The Labute approximate surface area is 151 Å². The van der Waals surface area contributed by atoms with Gasteiger partial charge in [0.15, 0.2) is 0 Å². The normalized spacial score (nSPS) is 28.2. The summed E-state index contributed by atoms with van der Waals surface area (Å²) < 4.78 is 0. The molecule has 0 spiro atoms. The molecule has 0 aliphatic heterocycles. The van der Waals surface area contributed by atoms with Crippen molar-refractivity contribution in [1.82, 2.24) is 0 Å². The molecule has 0 saturated heterocycles. The molecule has 2 unspecified atom stereocenters. The molecule has 5 atom stereocenters. The van der Waals surface area contributed by atoms with Gasteiger partial charge in [-0.05, 0) is 31.6 Å². The van der Waals surface area contributed by atoms with Crippen LogP contribution < -0.4 is 0 Å². The molecule has 144 valence electrons. The molecule has 1 aliphatic carbocycles. The van der Waals surface area contributed by atoms with Crippen molar-refractivity contribution < 1.29 is 25.2 Å².